The summed E-state index contributed by atoms with van der Waals surface area (Å²) in [7, 11) is 0. The van der Waals surface area contributed by atoms with Crippen LogP contribution in [0.5, 0.6) is 0 Å². The number of hydrogen-bond acceptors (Lipinski definition) is 1. The highest BCUT2D eigenvalue weighted by atomic mass is 14.6. The van der Waals surface area contributed by atoms with Crippen molar-refractivity contribution in [2.45, 2.75) is 59.4 Å². The molecule has 0 amide bonds. The van der Waals surface area contributed by atoms with E-state index in [4.69, 9.17) is 5.73 Å². The van der Waals surface area contributed by atoms with E-state index < -0.39 is 0 Å². The zero-order chi connectivity index (χ0) is 12.9. The van der Waals surface area contributed by atoms with Gasteiger partial charge in [0.25, 0.3) is 0 Å². The third-order valence-electron chi connectivity index (χ3n) is 3.19. The molecule has 0 heterocycles. The Morgan fingerprint density at radius 3 is 2.18 bits per heavy atom. The standard InChI is InChI=1S/C16H27N/c1-13-5-7-14(8-6-13)9-10-15(17)11-12-16(2,3)4/h5-8,15H,9-12,17H2,1-4H3. The average molecular weight is 233 g/mol. The van der Waals surface area contributed by atoms with Crippen LogP contribution in [-0.4, -0.2) is 6.04 Å². The van der Waals surface area contributed by atoms with Gasteiger partial charge in [-0.2, -0.15) is 0 Å². The van der Waals surface area contributed by atoms with Gasteiger partial charge in [-0.1, -0.05) is 50.6 Å². The first-order valence-corrected chi connectivity index (χ1v) is 6.68. The summed E-state index contributed by atoms with van der Waals surface area (Å²) in [6, 6.07) is 9.12. The summed E-state index contributed by atoms with van der Waals surface area (Å²) in [5, 5.41) is 0. The van der Waals surface area contributed by atoms with Crippen LogP contribution >= 0.6 is 0 Å². The van der Waals surface area contributed by atoms with Gasteiger partial charge in [-0.3, -0.25) is 0 Å². The SMILES string of the molecule is Cc1ccc(CCC(N)CCC(C)(C)C)cc1. The minimum absolute atomic E-state index is 0.343. The van der Waals surface area contributed by atoms with Crippen LogP contribution in [0, 0.1) is 12.3 Å². The van der Waals surface area contributed by atoms with Crippen LogP contribution in [0.4, 0.5) is 0 Å². The van der Waals surface area contributed by atoms with Crippen LogP contribution in [0.1, 0.15) is 51.2 Å². The molecular weight excluding hydrogens is 206 g/mol. The highest BCUT2D eigenvalue weighted by Crippen LogP contribution is 2.22. The number of nitrogens with two attached hydrogens (primary N) is 1. The van der Waals surface area contributed by atoms with E-state index in [0.29, 0.717) is 11.5 Å². The minimum atomic E-state index is 0.343. The molecule has 0 aliphatic heterocycles. The van der Waals surface area contributed by atoms with Crippen LogP contribution in [0.15, 0.2) is 24.3 Å². The molecule has 0 saturated heterocycles. The predicted molar refractivity (Wildman–Crippen MR) is 76.2 cm³/mol. The topological polar surface area (TPSA) is 26.0 Å². The molecule has 17 heavy (non-hydrogen) atoms. The van der Waals surface area contributed by atoms with Crippen molar-refractivity contribution in [1.82, 2.24) is 0 Å². The van der Waals surface area contributed by atoms with Gasteiger partial charge in [0.1, 0.15) is 0 Å². The van der Waals surface area contributed by atoms with E-state index in [1.807, 2.05) is 0 Å². The molecule has 1 nitrogen and oxygen atoms in total. The maximum atomic E-state index is 6.16. The molecule has 1 unspecified atom stereocenters. The third kappa shape index (κ3) is 6.48. The summed E-state index contributed by atoms with van der Waals surface area (Å²) in [5.41, 5.74) is 9.29. The Kier molecular flexibility index (Phi) is 5.20. The lowest BCUT2D eigenvalue weighted by Crippen LogP contribution is -2.23. The van der Waals surface area contributed by atoms with Gasteiger partial charge in [-0.15, -0.1) is 0 Å². The Bertz CT molecular complexity index is 318. The first kappa shape index (κ1) is 14.2. The molecule has 0 aliphatic carbocycles. The van der Waals surface area contributed by atoms with Gasteiger partial charge in [0.15, 0.2) is 0 Å². The molecule has 96 valence electrons. The molecule has 0 aliphatic rings. The van der Waals surface area contributed by atoms with Crippen LogP contribution in [0.2, 0.25) is 0 Å². The van der Waals surface area contributed by atoms with Crippen LogP contribution < -0.4 is 5.73 Å². The fourth-order valence-electron chi connectivity index (χ4n) is 1.87. The van der Waals surface area contributed by atoms with Crippen LogP contribution in [0.25, 0.3) is 0 Å². The second-order valence-electron chi connectivity index (χ2n) is 6.38. The maximum absolute atomic E-state index is 6.16. The smallest absolute Gasteiger partial charge is 0.00421 e. The molecule has 1 heteroatoms. The molecule has 0 radical (unpaired) electrons. The fourth-order valence-corrected chi connectivity index (χ4v) is 1.87. The minimum Gasteiger partial charge on any atom is -0.328 e. The first-order valence-electron chi connectivity index (χ1n) is 6.68. The quantitative estimate of drug-likeness (QED) is 0.814. The van der Waals surface area contributed by atoms with Gasteiger partial charge in [0.2, 0.25) is 0 Å². The molecule has 0 bridgehead atoms. The van der Waals surface area contributed by atoms with E-state index in [9.17, 15) is 0 Å². The molecular formula is C16H27N. The normalized spacial score (nSPS) is 13.7. The van der Waals surface area contributed by atoms with Gasteiger partial charge < -0.3 is 5.73 Å². The Labute approximate surface area is 106 Å². The van der Waals surface area contributed by atoms with E-state index >= 15 is 0 Å². The monoisotopic (exact) mass is 233 g/mol. The summed E-state index contributed by atoms with van der Waals surface area (Å²) < 4.78 is 0. The second-order valence-corrected chi connectivity index (χ2v) is 6.38. The summed E-state index contributed by atoms with van der Waals surface area (Å²) in [5.74, 6) is 0. The fraction of sp³-hybridized carbons (Fsp3) is 0.625. The Hall–Kier alpha value is -0.820. The molecule has 0 aromatic heterocycles. The lowest BCUT2D eigenvalue weighted by Gasteiger charge is -2.20. The molecule has 2 N–H and O–H groups in total. The molecule has 1 atom stereocenters. The van der Waals surface area contributed by atoms with Gasteiger partial charge in [-0.25, -0.2) is 0 Å². The maximum Gasteiger partial charge on any atom is 0.00421 e. The van der Waals surface area contributed by atoms with Crippen molar-refractivity contribution in [3.8, 4) is 0 Å². The molecule has 1 aromatic rings. The van der Waals surface area contributed by atoms with E-state index in [1.165, 1.54) is 17.5 Å². The average Bonchev–Trinajstić information content (AvgIpc) is 2.25. The molecule has 1 rings (SSSR count). The van der Waals surface area contributed by atoms with Crippen molar-refractivity contribution in [3.05, 3.63) is 35.4 Å². The van der Waals surface area contributed by atoms with Crippen LogP contribution in [-0.2, 0) is 6.42 Å². The third-order valence-corrected chi connectivity index (χ3v) is 3.19. The highest BCUT2D eigenvalue weighted by Gasteiger charge is 2.12. The van der Waals surface area contributed by atoms with E-state index in [1.54, 1.807) is 0 Å². The van der Waals surface area contributed by atoms with E-state index in [2.05, 4.69) is 52.0 Å². The van der Waals surface area contributed by atoms with Crippen molar-refractivity contribution in [2.24, 2.45) is 11.1 Å². The summed E-state index contributed by atoms with van der Waals surface area (Å²) >= 11 is 0. The largest absolute Gasteiger partial charge is 0.328 e. The Balaban J connectivity index is 2.28. The van der Waals surface area contributed by atoms with Gasteiger partial charge in [-0.05, 0) is 43.6 Å². The van der Waals surface area contributed by atoms with Crippen LogP contribution in [0.3, 0.4) is 0 Å². The number of hydrogen-bond donors (Lipinski definition) is 1. The first-order chi connectivity index (χ1) is 7.87. The Morgan fingerprint density at radius 2 is 1.65 bits per heavy atom. The molecule has 1 aromatic carbocycles. The van der Waals surface area contributed by atoms with Crippen molar-refractivity contribution in [1.29, 1.82) is 0 Å². The second kappa shape index (κ2) is 6.20. The van der Waals surface area contributed by atoms with Crippen molar-refractivity contribution >= 4 is 0 Å². The Morgan fingerprint density at radius 1 is 1.06 bits per heavy atom. The van der Waals surface area contributed by atoms with E-state index in [-0.39, 0.29) is 0 Å². The van der Waals surface area contributed by atoms with E-state index in [0.717, 1.165) is 19.3 Å². The van der Waals surface area contributed by atoms with Crippen molar-refractivity contribution in [3.63, 3.8) is 0 Å². The molecule has 0 spiro atoms. The molecule has 0 saturated carbocycles. The molecule has 0 fully saturated rings. The lowest BCUT2D eigenvalue weighted by atomic mass is 9.88. The number of benzene rings is 1. The zero-order valence-corrected chi connectivity index (χ0v) is 11.8. The number of aryl methyl sites for hydroxylation is 2. The lowest BCUT2D eigenvalue weighted by molar-refractivity contribution is 0.343. The van der Waals surface area contributed by atoms with Gasteiger partial charge in [0, 0.05) is 6.04 Å². The summed E-state index contributed by atoms with van der Waals surface area (Å²) in [6.45, 7) is 8.96. The highest BCUT2D eigenvalue weighted by molar-refractivity contribution is 5.21. The number of rotatable bonds is 5. The summed E-state index contributed by atoms with van der Waals surface area (Å²) in [4.78, 5) is 0. The van der Waals surface area contributed by atoms with Gasteiger partial charge in [0.05, 0.1) is 0 Å². The van der Waals surface area contributed by atoms with Crippen molar-refractivity contribution < 1.29 is 0 Å². The van der Waals surface area contributed by atoms with Crippen molar-refractivity contribution in [2.75, 3.05) is 0 Å². The summed E-state index contributed by atoms with van der Waals surface area (Å²) in [6.07, 6.45) is 4.54. The zero-order valence-electron chi connectivity index (χ0n) is 11.8. The van der Waals surface area contributed by atoms with Gasteiger partial charge >= 0.3 is 0 Å². The predicted octanol–water partition coefficient (Wildman–Crippen LogP) is 4.08.